The van der Waals surface area contributed by atoms with E-state index in [2.05, 4.69) is 5.32 Å². The maximum absolute atomic E-state index is 11.8. The Kier molecular flexibility index (Phi) is 3.65. The second kappa shape index (κ2) is 5.21. The van der Waals surface area contributed by atoms with Gasteiger partial charge in [0.05, 0.1) is 12.0 Å². The Balaban J connectivity index is 2.01. The van der Waals surface area contributed by atoms with Crippen LogP contribution in [0.3, 0.4) is 0 Å². The fourth-order valence-electron chi connectivity index (χ4n) is 2.32. The third-order valence-electron chi connectivity index (χ3n) is 3.48. The number of rotatable bonds is 5. The number of hydrogen-bond acceptors (Lipinski definition) is 2. The van der Waals surface area contributed by atoms with E-state index >= 15 is 0 Å². The molecule has 0 heterocycles. The molecule has 2 N–H and O–H groups in total. The van der Waals surface area contributed by atoms with E-state index in [-0.39, 0.29) is 24.3 Å². The van der Waals surface area contributed by atoms with Gasteiger partial charge in [-0.2, -0.15) is 0 Å². The van der Waals surface area contributed by atoms with Crippen LogP contribution in [-0.4, -0.2) is 17.0 Å². The molecule has 0 radical (unpaired) electrons. The van der Waals surface area contributed by atoms with Crippen LogP contribution in [0, 0.1) is 0 Å². The predicted molar refractivity (Wildman–Crippen MR) is 67.0 cm³/mol. The molecule has 1 aliphatic rings. The van der Waals surface area contributed by atoms with Crippen molar-refractivity contribution >= 4 is 11.9 Å². The summed E-state index contributed by atoms with van der Waals surface area (Å²) < 4.78 is 0. The largest absolute Gasteiger partial charge is 0.481 e. The van der Waals surface area contributed by atoms with Crippen LogP contribution in [-0.2, 0) is 15.1 Å². The zero-order chi connectivity index (χ0) is 13.0. The average molecular weight is 247 g/mol. The highest BCUT2D eigenvalue weighted by Gasteiger charge is 2.39. The topological polar surface area (TPSA) is 66.4 Å². The van der Waals surface area contributed by atoms with Gasteiger partial charge in [0.25, 0.3) is 0 Å². The molecule has 0 aromatic heterocycles. The molecule has 18 heavy (non-hydrogen) atoms. The van der Waals surface area contributed by atoms with Gasteiger partial charge in [0.2, 0.25) is 5.91 Å². The van der Waals surface area contributed by atoms with Gasteiger partial charge in [-0.05, 0) is 24.8 Å². The molecular weight excluding hydrogens is 230 g/mol. The van der Waals surface area contributed by atoms with E-state index in [1.54, 1.807) is 0 Å². The molecule has 96 valence electrons. The molecule has 4 heteroatoms. The first kappa shape index (κ1) is 12.6. The Morgan fingerprint density at radius 2 is 1.83 bits per heavy atom. The van der Waals surface area contributed by atoms with Gasteiger partial charge in [0.1, 0.15) is 0 Å². The summed E-state index contributed by atoms with van der Waals surface area (Å²) >= 11 is 0. The lowest BCUT2D eigenvalue weighted by molar-refractivity contribution is -0.139. The van der Waals surface area contributed by atoms with Gasteiger partial charge in [-0.3, -0.25) is 9.59 Å². The zero-order valence-corrected chi connectivity index (χ0v) is 10.2. The van der Waals surface area contributed by atoms with Crippen LogP contribution in [0.5, 0.6) is 0 Å². The minimum absolute atomic E-state index is 0.0456. The molecule has 4 nitrogen and oxygen atoms in total. The molecule has 1 aliphatic carbocycles. The number of benzene rings is 1. The predicted octanol–water partition coefficient (Wildman–Crippen LogP) is 2.05. The molecule has 0 unspecified atom stereocenters. The number of hydrogen-bond donors (Lipinski definition) is 2. The first-order valence-corrected chi connectivity index (χ1v) is 6.21. The molecule has 0 spiro atoms. The lowest BCUT2D eigenvalue weighted by Crippen LogP contribution is -2.50. The van der Waals surface area contributed by atoms with Crippen LogP contribution in [0.15, 0.2) is 30.3 Å². The molecule has 2 rings (SSSR count). The van der Waals surface area contributed by atoms with Crippen molar-refractivity contribution in [3.05, 3.63) is 35.9 Å². The Morgan fingerprint density at radius 1 is 1.17 bits per heavy atom. The summed E-state index contributed by atoms with van der Waals surface area (Å²) in [6.45, 7) is 0. The summed E-state index contributed by atoms with van der Waals surface area (Å²) in [5.41, 5.74) is 0.844. The minimum Gasteiger partial charge on any atom is -0.481 e. The van der Waals surface area contributed by atoms with Crippen molar-refractivity contribution < 1.29 is 14.7 Å². The highest BCUT2D eigenvalue weighted by Crippen LogP contribution is 2.41. The number of amides is 1. The van der Waals surface area contributed by atoms with Crippen molar-refractivity contribution in [2.45, 2.75) is 37.6 Å². The van der Waals surface area contributed by atoms with E-state index < -0.39 is 5.97 Å². The fraction of sp³-hybridized carbons (Fsp3) is 0.429. The third kappa shape index (κ3) is 2.70. The first-order chi connectivity index (χ1) is 8.62. The summed E-state index contributed by atoms with van der Waals surface area (Å²) in [7, 11) is 0. The van der Waals surface area contributed by atoms with Crippen LogP contribution in [0.2, 0.25) is 0 Å². The van der Waals surface area contributed by atoms with Gasteiger partial charge in [-0.1, -0.05) is 30.3 Å². The van der Waals surface area contributed by atoms with Gasteiger partial charge >= 0.3 is 5.97 Å². The van der Waals surface area contributed by atoms with Crippen molar-refractivity contribution in [1.29, 1.82) is 0 Å². The Morgan fingerprint density at radius 3 is 2.33 bits per heavy atom. The highest BCUT2D eigenvalue weighted by molar-refractivity contribution is 5.81. The van der Waals surface area contributed by atoms with Crippen LogP contribution in [0.4, 0.5) is 0 Å². The molecule has 0 saturated heterocycles. The average Bonchev–Trinajstić information content (AvgIpc) is 2.32. The lowest BCUT2D eigenvalue weighted by Gasteiger charge is -2.43. The zero-order valence-electron chi connectivity index (χ0n) is 10.2. The Labute approximate surface area is 106 Å². The normalized spacial score (nSPS) is 16.7. The molecule has 1 fully saturated rings. The number of carboxylic acids is 1. The Hall–Kier alpha value is -1.84. The van der Waals surface area contributed by atoms with Crippen LogP contribution in [0.25, 0.3) is 0 Å². The third-order valence-corrected chi connectivity index (χ3v) is 3.48. The maximum Gasteiger partial charge on any atom is 0.303 e. The van der Waals surface area contributed by atoms with E-state index in [0.717, 1.165) is 24.8 Å². The number of nitrogens with one attached hydrogen (secondary N) is 1. The summed E-state index contributed by atoms with van der Waals surface area (Å²) in [5, 5.41) is 11.6. The van der Waals surface area contributed by atoms with E-state index in [0.29, 0.717) is 0 Å². The van der Waals surface area contributed by atoms with E-state index in [1.165, 1.54) is 0 Å². The number of carbonyl (C=O) groups excluding carboxylic acids is 1. The van der Waals surface area contributed by atoms with Crippen molar-refractivity contribution in [2.75, 3.05) is 0 Å². The summed E-state index contributed by atoms with van der Waals surface area (Å²) in [6, 6.07) is 9.88. The van der Waals surface area contributed by atoms with E-state index in [4.69, 9.17) is 5.11 Å². The lowest BCUT2D eigenvalue weighted by atomic mass is 9.71. The van der Waals surface area contributed by atoms with Gasteiger partial charge in [-0.15, -0.1) is 0 Å². The second-order valence-electron chi connectivity index (χ2n) is 4.74. The number of carbonyl (C=O) groups is 2. The van der Waals surface area contributed by atoms with Crippen molar-refractivity contribution in [1.82, 2.24) is 5.32 Å². The smallest absolute Gasteiger partial charge is 0.303 e. The second-order valence-corrected chi connectivity index (χ2v) is 4.74. The monoisotopic (exact) mass is 247 g/mol. The fourth-order valence-corrected chi connectivity index (χ4v) is 2.32. The molecule has 1 amide bonds. The molecule has 1 aromatic carbocycles. The Bertz CT molecular complexity index is 438. The van der Waals surface area contributed by atoms with E-state index in [9.17, 15) is 9.59 Å². The standard InChI is InChI=1S/C14H17NO3/c16-12(7-8-13(17)18)15-14(9-4-10-14)11-5-2-1-3-6-11/h1-3,5-6H,4,7-10H2,(H,15,16)(H,17,18). The van der Waals surface area contributed by atoms with Crippen molar-refractivity contribution in [3.63, 3.8) is 0 Å². The molecule has 0 aliphatic heterocycles. The van der Waals surface area contributed by atoms with Crippen molar-refractivity contribution in [2.24, 2.45) is 0 Å². The highest BCUT2D eigenvalue weighted by atomic mass is 16.4. The van der Waals surface area contributed by atoms with Crippen LogP contribution in [0.1, 0.15) is 37.7 Å². The van der Waals surface area contributed by atoms with Gasteiger partial charge in [0.15, 0.2) is 0 Å². The molecule has 1 aromatic rings. The van der Waals surface area contributed by atoms with Crippen molar-refractivity contribution in [3.8, 4) is 0 Å². The van der Waals surface area contributed by atoms with Crippen LogP contribution < -0.4 is 5.32 Å². The first-order valence-electron chi connectivity index (χ1n) is 6.21. The van der Waals surface area contributed by atoms with Crippen LogP contribution >= 0.6 is 0 Å². The summed E-state index contributed by atoms with van der Waals surface area (Å²) in [6.07, 6.45) is 2.88. The summed E-state index contributed by atoms with van der Waals surface area (Å²) in [5.74, 6) is -1.12. The molecular formula is C14H17NO3. The quantitative estimate of drug-likeness (QED) is 0.836. The molecule has 0 atom stereocenters. The SMILES string of the molecule is O=C(O)CCC(=O)NC1(c2ccccc2)CCC1. The van der Waals surface area contributed by atoms with E-state index in [1.807, 2.05) is 30.3 Å². The molecule has 0 bridgehead atoms. The van der Waals surface area contributed by atoms with Gasteiger partial charge < -0.3 is 10.4 Å². The number of aliphatic carboxylic acids is 1. The molecule has 1 saturated carbocycles. The number of carboxylic acid groups (broad SMARTS) is 1. The minimum atomic E-state index is -0.937. The summed E-state index contributed by atoms with van der Waals surface area (Å²) in [4.78, 5) is 22.2. The van der Waals surface area contributed by atoms with Gasteiger partial charge in [0, 0.05) is 6.42 Å². The van der Waals surface area contributed by atoms with Gasteiger partial charge in [-0.25, -0.2) is 0 Å². The maximum atomic E-state index is 11.8.